The van der Waals surface area contributed by atoms with Gasteiger partial charge in [0.15, 0.2) is 0 Å². The van der Waals surface area contributed by atoms with E-state index in [4.69, 9.17) is 0 Å². The summed E-state index contributed by atoms with van der Waals surface area (Å²) in [7, 11) is 0. The summed E-state index contributed by atoms with van der Waals surface area (Å²) in [5.74, 6) is 3.95. The average molecular weight is 154 g/mol. The van der Waals surface area contributed by atoms with Crippen LogP contribution in [0.2, 0.25) is 0 Å². The summed E-state index contributed by atoms with van der Waals surface area (Å²) in [6, 6.07) is 0. The molecule has 1 fully saturated rings. The molecule has 2 atom stereocenters. The van der Waals surface area contributed by atoms with Gasteiger partial charge in [-0.2, -0.15) is 0 Å². The molecule has 0 aromatic heterocycles. The van der Waals surface area contributed by atoms with Crippen molar-refractivity contribution in [3.8, 4) is 0 Å². The lowest BCUT2D eigenvalue weighted by Crippen LogP contribution is -2.31. The molecule has 1 aliphatic rings. The van der Waals surface area contributed by atoms with Gasteiger partial charge in [0, 0.05) is 0 Å². The Morgan fingerprint density at radius 1 is 1.09 bits per heavy atom. The molecule has 1 rings (SSSR count). The molecule has 0 spiro atoms. The first-order valence-corrected chi connectivity index (χ1v) is 5.11. The molecule has 0 aromatic carbocycles. The Bertz CT molecular complexity index is 113. The molecule has 66 valence electrons. The van der Waals surface area contributed by atoms with Gasteiger partial charge in [0.2, 0.25) is 0 Å². The first kappa shape index (κ1) is 9.09. The number of hydrogen-bond donors (Lipinski definition) is 0. The molecular weight excluding hydrogens is 132 g/mol. The summed E-state index contributed by atoms with van der Waals surface area (Å²) < 4.78 is 0. The number of rotatable bonds is 3. The van der Waals surface area contributed by atoms with Crippen LogP contribution < -0.4 is 0 Å². The van der Waals surface area contributed by atoms with E-state index < -0.39 is 0 Å². The van der Waals surface area contributed by atoms with E-state index in [1.54, 1.807) is 0 Å². The van der Waals surface area contributed by atoms with Gasteiger partial charge in [0.1, 0.15) is 0 Å². The first-order valence-electron chi connectivity index (χ1n) is 5.11. The summed E-state index contributed by atoms with van der Waals surface area (Å²) in [6.07, 6.45) is 4.46. The summed E-state index contributed by atoms with van der Waals surface area (Å²) in [6.45, 7) is 9.43. The molecule has 0 aliphatic heterocycles. The largest absolute Gasteiger partial charge is 0.0628 e. The Morgan fingerprint density at radius 2 is 1.73 bits per heavy atom. The summed E-state index contributed by atoms with van der Waals surface area (Å²) in [4.78, 5) is 0. The van der Waals surface area contributed by atoms with Crippen molar-refractivity contribution in [2.75, 3.05) is 0 Å². The first-order chi connectivity index (χ1) is 5.11. The highest BCUT2D eigenvalue weighted by molar-refractivity contribution is 4.83. The summed E-state index contributed by atoms with van der Waals surface area (Å²) in [5.41, 5.74) is 0. The maximum Gasteiger partial charge on any atom is -0.0362 e. The Labute approximate surface area is 71.4 Å². The van der Waals surface area contributed by atoms with Crippen molar-refractivity contribution >= 4 is 0 Å². The Hall–Kier alpha value is 0. The van der Waals surface area contributed by atoms with E-state index in [0.717, 1.165) is 23.7 Å². The van der Waals surface area contributed by atoms with Gasteiger partial charge in [-0.25, -0.2) is 0 Å². The highest BCUT2D eigenvalue weighted by atomic mass is 14.4. The van der Waals surface area contributed by atoms with Crippen molar-refractivity contribution in [2.45, 2.75) is 47.0 Å². The van der Waals surface area contributed by atoms with E-state index in [0.29, 0.717) is 0 Å². The smallest absolute Gasteiger partial charge is 0.0362 e. The summed E-state index contributed by atoms with van der Waals surface area (Å²) in [5, 5.41) is 0. The second kappa shape index (κ2) is 3.60. The molecule has 11 heavy (non-hydrogen) atoms. The molecule has 1 aliphatic carbocycles. The summed E-state index contributed by atoms with van der Waals surface area (Å²) >= 11 is 0. The molecule has 0 saturated heterocycles. The van der Waals surface area contributed by atoms with Crippen LogP contribution in [0.4, 0.5) is 0 Å². The van der Waals surface area contributed by atoms with Gasteiger partial charge < -0.3 is 0 Å². The second-order valence-electron chi connectivity index (χ2n) is 4.87. The fourth-order valence-electron chi connectivity index (χ4n) is 2.37. The zero-order valence-electron chi connectivity index (χ0n) is 8.43. The van der Waals surface area contributed by atoms with Crippen LogP contribution in [0.15, 0.2) is 0 Å². The van der Waals surface area contributed by atoms with Crippen LogP contribution in [0.25, 0.3) is 0 Å². The van der Waals surface area contributed by atoms with Crippen molar-refractivity contribution in [2.24, 2.45) is 23.7 Å². The van der Waals surface area contributed by atoms with Crippen molar-refractivity contribution in [1.82, 2.24) is 0 Å². The Kier molecular flexibility index (Phi) is 2.98. The van der Waals surface area contributed by atoms with Crippen LogP contribution >= 0.6 is 0 Å². The van der Waals surface area contributed by atoms with Crippen molar-refractivity contribution in [1.29, 1.82) is 0 Å². The fourth-order valence-corrected chi connectivity index (χ4v) is 2.37. The molecule has 0 amide bonds. The van der Waals surface area contributed by atoms with Crippen molar-refractivity contribution < 1.29 is 0 Å². The standard InChI is InChI=1S/C11H22/c1-8(2)7-10-5-6-11(10)9(3)4/h8-11H,5-7H2,1-4H3. The lowest BCUT2D eigenvalue weighted by molar-refractivity contribution is 0.101. The molecule has 2 unspecified atom stereocenters. The molecular formula is C11H22. The SMILES string of the molecule is CC(C)CC1CCC1C(C)C. The predicted molar refractivity (Wildman–Crippen MR) is 50.5 cm³/mol. The fraction of sp³-hybridized carbons (Fsp3) is 1.00. The lowest BCUT2D eigenvalue weighted by Gasteiger charge is -2.40. The lowest BCUT2D eigenvalue weighted by atomic mass is 9.65. The van der Waals surface area contributed by atoms with Crippen LogP contribution in [0, 0.1) is 23.7 Å². The molecule has 0 bridgehead atoms. The van der Waals surface area contributed by atoms with Crippen LogP contribution in [-0.4, -0.2) is 0 Å². The maximum atomic E-state index is 2.37. The van der Waals surface area contributed by atoms with E-state index in [9.17, 15) is 0 Å². The highest BCUT2D eigenvalue weighted by Gasteiger charge is 2.32. The van der Waals surface area contributed by atoms with E-state index in [1.807, 2.05) is 0 Å². The molecule has 0 heterocycles. The zero-order valence-corrected chi connectivity index (χ0v) is 8.43. The number of hydrogen-bond acceptors (Lipinski definition) is 0. The van der Waals surface area contributed by atoms with Crippen molar-refractivity contribution in [3.63, 3.8) is 0 Å². The monoisotopic (exact) mass is 154 g/mol. The topological polar surface area (TPSA) is 0 Å². The van der Waals surface area contributed by atoms with Gasteiger partial charge in [-0.15, -0.1) is 0 Å². The van der Waals surface area contributed by atoms with Crippen LogP contribution in [-0.2, 0) is 0 Å². The highest BCUT2D eigenvalue weighted by Crippen LogP contribution is 2.42. The molecule has 0 nitrogen and oxygen atoms in total. The van der Waals surface area contributed by atoms with Gasteiger partial charge in [0.25, 0.3) is 0 Å². The predicted octanol–water partition coefficient (Wildman–Crippen LogP) is 3.71. The van der Waals surface area contributed by atoms with Gasteiger partial charge in [-0.1, -0.05) is 27.7 Å². The van der Waals surface area contributed by atoms with E-state index in [-0.39, 0.29) is 0 Å². The third-order valence-electron chi connectivity index (χ3n) is 3.11. The van der Waals surface area contributed by atoms with Crippen LogP contribution in [0.1, 0.15) is 47.0 Å². The Balaban J connectivity index is 2.26. The molecule has 0 heteroatoms. The molecule has 1 saturated carbocycles. The minimum Gasteiger partial charge on any atom is -0.0628 e. The molecule has 0 aromatic rings. The minimum atomic E-state index is 0.904. The van der Waals surface area contributed by atoms with Crippen molar-refractivity contribution in [3.05, 3.63) is 0 Å². The minimum absolute atomic E-state index is 0.904. The normalized spacial score (nSPS) is 31.1. The zero-order chi connectivity index (χ0) is 8.43. The molecule has 0 radical (unpaired) electrons. The quantitative estimate of drug-likeness (QED) is 0.581. The van der Waals surface area contributed by atoms with E-state index in [1.165, 1.54) is 19.3 Å². The van der Waals surface area contributed by atoms with Gasteiger partial charge in [-0.05, 0) is 42.9 Å². The maximum absolute atomic E-state index is 2.37. The van der Waals surface area contributed by atoms with E-state index in [2.05, 4.69) is 27.7 Å². The van der Waals surface area contributed by atoms with Gasteiger partial charge >= 0.3 is 0 Å². The Morgan fingerprint density at radius 3 is 2.00 bits per heavy atom. The molecule has 0 N–H and O–H groups in total. The average Bonchev–Trinajstić information content (AvgIpc) is 1.78. The van der Waals surface area contributed by atoms with E-state index >= 15 is 0 Å². The van der Waals surface area contributed by atoms with Gasteiger partial charge in [-0.3, -0.25) is 0 Å². The third kappa shape index (κ3) is 2.21. The van der Waals surface area contributed by atoms with Crippen LogP contribution in [0.3, 0.4) is 0 Å². The van der Waals surface area contributed by atoms with Crippen LogP contribution in [0.5, 0.6) is 0 Å². The second-order valence-corrected chi connectivity index (χ2v) is 4.87. The van der Waals surface area contributed by atoms with Gasteiger partial charge in [0.05, 0.1) is 0 Å². The third-order valence-corrected chi connectivity index (χ3v) is 3.11.